The molecule has 0 aliphatic carbocycles. The summed E-state index contributed by atoms with van der Waals surface area (Å²) < 4.78 is 0. The van der Waals surface area contributed by atoms with Crippen LogP contribution in [-0.2, 0) is 0 Å². The van der Waals surface area contributed by atoms with Crippen molar-refractivity contribution in [2.75, 3.05) is 18.4 Å². The number of nitrogens with one attached hydrogen (secondary N) is 3. The van der Waals surface area contributed by atoms with Crippen molar-refractivity contribution in [3.05, 3.63) is 47.2 Å². The zero-order valence-electron chi connectivity index (χ0n) is 15.6. The second kappa shape index (κ2) is 7.03. The van der Waals surface area contributed by atoms with E-state index in [-0.39, 0.29) is 6.04 Å². The maximum absolute atomic E-state index is 4.71. The lowest BCUT2D eigenvalue weighted by Crippen LogP contribution is -2.27. The molecule has 26 heavy (non-hydrogen) atoms. The Kier molecular flexibility index (Phi) is 4.59. The Morgan fingerprint density at radius 2 is 1.88 bits per heavy atom. The van der Waals surface area contributed by atoms with Gasteiger partial charge in [-0.25, -0.2) is 15.0 Å². The molecule has 4 rings (SSSR count). The lowest BCUT2D eigenvalue weighted by atomic mass is 9.94. The molecule has 1 atom stereocenters. The molecular weight excluding hydrogens is 324 g/mol. The van der Waals surface area contributed by atoms with Crippen molar-refractivity contribution in [1.82, 2.24) is 25.3 Å². The first-order chi connectivity index (χ1) is 12.6. The fourth-order valence-electron chi connectivity index (χ4n) is 3.63. The minimum atomic E-state index is 0.0397. The second-order valence-corrected chi connectivity index (χ2v) is 7.26. The summed E-state index contributed by atoms with van der Waals surface area (Å²) in [5.74, 6) is 3.12. The molecule has 1 aliphatic rings. The standard InChI is InChI=1S/C20H26N6/c1-12-4-5-16-18(10-12)26-20(25-16)13(2)22-19-11-17(23-14(3)24-19)15-6-8-21-9-7-15/h4-5,10-11,13,15,21H,6-9H2,1-3H3,(H,25,26)(H,22,23,24)/t13-/m1/s1. The third-order valence-electron chi connectivity index (χ3n) is 5.05. The number of piperidine rings is 1. The zero-order valence-corrected chi connectivity index (χ0v) is 15.6. The van der Waals surface area contributed by atoms with Gasteiger partial charge in [0, 0.05) is 17.7 Å². The van der Waals surface area contributed by atoms with Crippen molar-refractivity contribution in [2.45, 2.75) is 45.6 Å². The number of hydrogen-bond donors (Lipinski definition) is 3. The van der Waals surface area contributed by atoms with Crippen LogP contribution in [0, 0.1) is 13.8 Å². The van der Waals surface area contributed by atoms with E-state index in [1.807, 2.05) is 6.92 Å². The van der Waals surface area contributed by atoms with Crippen LogP contribution in [0.3, 0.4) is 0 Å². The van der Waals surface area contributed by atoms with Crippen molar-refractivity contribution < 1.29 is 0 Å². The van der Waals surface area contributed by atoms with Gasteiger partial charge in [-0.05, 0) is 64.4 Å². The Hall–Kier alpha value is -2.47. The summed E-state index contributed by atoms with van der Waals surface area (Å²) in [4.78, 5) is 17.4. The molecule has 1 fully saturated rings. The monoisotopic (exact) mass is 350 g/mol. The molecule has 6 heteroatoms. The lowest BCUT2D eigenvalue weighted by Gasteiger charge is -2.23. The average Bonchev–Trinajstić information content (AvgIpc) is 3.05. The molecule has 0 saturated carbocycles. The molecule has 6 nitrogen and oxygen atoms in total. The fourth-order valence-corrected chi connectivity index (χ4v) is 3.63. The Morgan fingerprint density at radius 3 is 2.69 bits per heavy atom. The summed E-state index contributed by atoms with van der Waals surface area (Å²) in [7, 11) is 0. The summed E-state index contributed by atoms with van der Waals surface area (Å²) in [6.45, 7) is 8.28. The van der Waals surface area contributed by atoms with Gasteiger partial charge in [0.2, 0.25) is 0 Å². The molecule has 0 spiro atoms. The number of nitrogens with zero attached hydrogens (tertiary/aromatic N) is 3. The molecule has 136 valence electrons. The molecule has 1 saturated heterocycles. The molecule has 0 amide bonds. The van der Waals surface area contributed by atoms with Crippen molar-refractivity contribution >= 4 is 16.9 Å². The topological polar surface area (TPSA) is 78.5 Å². The first-order valence-corrected chi connectivity index (χ1v) is 9.37. The van der Waals surface area contributed by atoms with Gasteiger partial charge in [0.1, 0.15) is 17.5 Å². The van der Waals surface area contributed by atoms with Gasteiger partial charge >= 0.3 is 0 Å². The number of anilines is 1. The molecule has 3 heterocycles. The number of imidazole rings is 1. The van der Waals surface area contributed by atoms with Crippen molar-refractivity contribution in [3.8, 4) is 0 Å². The third-order valence-corrected chi connectivity index (χ3v) is 5.05. The van der Waals surface area contributed by atoms with Gasteiger partial charge in [0.05, 0.1) is 17.1 Å². The van der Waals surface area contributed by atoms with Crippen molar-refractivity contribution in [1.29, 1.82) is 0 Å². The number of fused-ring (bicyclic) bond motifs is 1. The predicted molar refractivity (Wildman–Crippen MR) is 104 cm³/mol. The number of aromatic amines is 1. The minimum Gasteiger partial charge on any atom is -0.360 e. The molecule has 3 aromatic rings. The van der Waals surface area contributed by atoms with Crippen LogP contribution in [0.25, 0.3) is 11.0 Å². The lowest BCUT2D eigenvalue weighted by molar-refractivity contribution is 0.452. The largest absolute Gasteiger partial charge is 0.360 e. The summed E-state index contributed by atoms with van der Waals surface area (Å²) in [6.07, 6.45) is 2.27. The number of hydrogen-bond acceptors (Lipinski definition) is 5. The smallest absolute Gasteiger partial charge is 0.130 e. The highest BCUT2D eigenvalue weighted by atomic mass is 15.1. The van der Waals surface area contributed by atoms with Crippen LogP contribution in [0.15, 0.2) is 24.3 Å². The molecule has 0 bridgehead atoms. The molecule has 2 aromatic heterocycles. The zero-order chi connectivity index (χ0) is 18.1. The van der Waals surface area contributed by atoms with E-state index in [0.29, 0.717) is 5.92 Å². The van der Waals surface area contributed by atoms with Crippen LogP contribution in [-0.4, -0.2) is 33.0 Å². The number of benzene rings is 1. The van der Waals surface area contributed by atoms with E-state index in [1.54, 1.807) is 0 Å². The van der Waals surface area contributed by atoms with E-state index in [0.717, 1.165) is 60.1 Å². The van der Waals surface area contributed by atoms with Crippen LogP contribution in [0.2, 0.25) is 0 Å². The number of aryl methyl sites for hydroxylation is 2. The van der Waals surface area contributed by atoms with Gasteiger partial charge in [0.15, 0.2) is 0 Å². The third kappa shape index (κ3) is 3.55. The van der Waals surface area contributed by atoms with Crippen LogP contribution in [0.4, 0.5) is 5.82 Å². The van der Waals surface area contributed by atoms with Crippen LogP contribution < -0.4 is 10.6 Å². The molecule has 0 radical (unpaired) electrons. The van der Waals surface area contributed by atoms with E-state index in [1.165, 1.54) is 5.56 Å². The first kappa shape index (κ1) is 17.0. The Labute approximate surface area is 153 Å². The molecule has 3 N–H and O–H groups in total. The number of H-pyrrole nitrogens is 1. The van der Waals surface area contributed by atoms with E-state index >= 15 is 0 Å². The Bertz CT molecular complexity index is 910. The van der Waals surface area contributed by atoms with E-state index in [2.05, 4.69) is 63.7 Å². The minimum absolute atomic E-state index is 0.0397. The van der Waals surface area contributed by atoms with Crippen LogP contribution >= 0.6 is 0 Å². The summed E-state index contributed by atoms with van der Waals surface area (Å²) >= 11 is 0. The normalized spacial score (nSPS) is 16.7. The van der Waals surface area contributed by atoms with Gasteiger partial charge in [-0.1, -0.05) is 6.07 Å². The van der Waals surface area contributed by atoms with Crippen molar-refractivity contribution in [3.63, 3.8) is 0 Å². The van der Waals surface area contributed by atoms with E-state index < -0.39 is 0 Å². The predicted octanol–water partition coefficient (Wildman–Crippen LogP) is 3.61. The Balaban J connectivity index is 1.56. The number of rotatable bonds is 4. The molecule has 1 aromatic carbocycles. The average molecular weight is 350 g/mol. The fraction of sp³-hybridized carbons (Fsp3) is 0.450. The van der Waals surface area contributed by atoms with Crippen molar-refractivity contribution in [2.24, 2.45) is 0 Å². The highest BCUT2D eigenvalue weighted by Crippen LogP contribution is 2.26. The maximum Gasteiger partial charge on any atom is 0.130 e. The van der Waals surface area contributed by atoms with Gasteiger partial charge in [-0.3, -0.25) is 0 Å². The summed E-state index contributed by atoms with van der Waals surface area (Å²) in [6, 6.07) is 8.42. The van der Waals surface area contributed by atoms with Gasteiger partial charge < -0.3 is 15.6 Å². The molecule has 1 aliphatic heterocycles. The maximum atomic E-state index is 4.71. The number of aromatic nitrogens is 4. The molecule has 0 unspecified atom stereocenters. The second-order valence-electron chi connectivity index (χ2n) is 7.26. The van der Waals surface area contributed by atoms with Gasteiger partial charge in [0.25, 0.3) is 0 Å². The molecular formula is C20H26N6. The Morgan fingerprint density at radius 1 is 1.08 bits per heavy atom. The summed E-state index contributed by atoms with van der Waals surface area (Å²) in [5, 5.41) is 6.91. The highest BCUT2D eigenvalue weighted by Gasteiger charge is 2.19. The van der Waals surface area contributed by atoms with Gasteiger partial charge in [-0.15, -0.1) is 0 Å². The summed E-state index contributed by atoms with van der Waals surface area (Å²) in [5.41, 5.74) is 4.44. The van der Waals surface area contributed by atoms with Gasteiger partial charge in [-0.2, -0.15) is 0 Å². The highest BCUT2D eigenvalue weighted by molar-refractivity contribution is 5.76. The van der Waals surface area contributed by atoms with E-state index in [9.17, 15) is 0 Å². The first-order valence-electron chi connectivity index (χ1n) is 9.37. The van der Waals surface area contributed by atoms with Crippen LogP contribution in [0.5, 0.6) is 0 Å². The quantitative estimate of drug-likeness (QED) is 0.670. The SMILES string of the molecule is Cc1ccc2nc([C@@H](C)Nc3cc(C4CCNCC4)nc(C)n3)[nH]c2c1. The van der Waals surface area contributed by atoms with Crippen LogP contribution in [0.1, 0.15) is 54.6 Å². The van der Waals surface area contributed by atoms with E-state index in [4.69, 9.17) is 4.98 Å².